The molecule has 28 heavy (non-hydrogen) atoms. The van der Waals surface area contributed by atoms with Crippen molar-refractivity contribution in [1.29, 1.82) is 0 Å². The van der Waals surface area contributed by atoms with Crippen LogP contribution in [-0.2, 0) is 0 Å². The summed E-state index contributed by atoms with van der Waals surface area (Å²) in [5.41, 5.74) is 6.36. The molecule has 4 rings (SSSR count). The average molecular weight is 375 g/mol. The lowest BCUT2D eigenvalue weighted by Gasteiger charge is -2.13. The Balaban J connectivity index is 1.87. The summed E-state index contributed by atoms with van der Waals surface area (Å²) in [6.45, 7) is 2.07. The van der Waals surface area contributed by atoms with Gasteiger partial charge in [-0.3, -0.25) is 5.10 Å². The van der Waals surface area contributed by atoms with Gasteiger partial charge in [0.15, 0.2) is 11.5 Å². The lowest BCUT2D eigenvalue weighted by molar-refractivity contribution is 0.324. The number of hydrogen-bond acceptors (Lipinski definition) is 5. The van der Waals surface area contributed by atoms with Crippen molar-refractivity contribution in [3.05, 3.63) is 54.1 Å². The van der Waals surface area contributed by atoms with Gasteiger partial charge in [0.2, 0.25) is 5.75 Å². The third-order valence-corrected chi connectivity index (χ3v) is 4.69. The van der Waals surface area contributed by atoms with E-state index in [1.54, 1.807) is 21.3 Å². The zero-order chi connectivity index (χ0) is 19.7. The number of aryl methyl sites for hydroxylation is 1. The van der Waals surface area contributed by atoms with E-state index in [-0.39, 0.29) is 0 Å². The Labute approximate surface area is 163 Å². The molecule has 2 heterocycles. The Kier molecular flexibility index (Phi) is 4.61. The molecule has 0 radical (unpaired) electrons. The van der Waals surface area contributed by atoms with Crippen molar-refractivity contribution in [2.75, 3.05) is 21.3 Å². The molecule has 0 bridgehead atoms. The fraction of sp³-hybridized carbons (Fsp3) is 0.182. The van der Waals surface area contributed by atoms with Gasteiger partial charge in [0.1, 0.15) is 11.2 Å². The average Bonchev–Trinajstić information content (AvgIpc) is 3.16. The zero-order valence-electron chi connectivity index (χ0n) is 16.2. The Morgan fingerprint density at radius 3 is 2.07 bits per heavy atom. The molecule has 0 fully saturated rings. The van der Waals surface area contributed by atoms with E-state index in [1.807, 2.05) is 24.3 Å². The second-order valence-electron chi connectivity index (χ2n) is 6.44. The van der Waals surface area contributed by atoms with Crippen LogP contribution >= 0.6 is 0 Å². The van der Waals surface area contributed by atoms with Crippen LogP contribution in [0.2, 0.25) is 0 Å². The fourth-order valence-corrected chi connectivity index (χ4v) is 3.20. The van der Waals surface area contributed by atoms with Gasteiger partial charge >= 0.3 is 0 Å². The third kappa shape index (κ3) is 3.03. The van der Waals surface area contributed by atoms with Crippen LogP contribution in [0.5, 0.6) is 17.2 Å². The SMILES string of the molecule is COc1cc(-c2n[nH]c3ccc(-c4ccc(C)cc4)nc23)cc(OC)c1OC. The van der Waals surface area contributed by atoms with Gasteiger partial charge in [-0.2, -0.15) is 5.10 Å². The predicted octanol–water partition coefficient (Wildman–Crippen LogP) is 4.63. The molecule has 142 valence electrons. The monoisotopic (exact) mass is 375 g/mol. The quantitative estimate of drug-likeness (QED) is 0.551. The molecule has 6 nitrogen and oxygen atoms in total. The number of methoxy groups -OCH3 is 3. The van der Waals surface area contributed by atoms with Gasteiger partial charge in [-0.15, -0.1) is 0 Å². The first-order chi connectivity index (χ1) is 13.6. The van der Waals surface area contributed by atoms with Gasteiger partial charge in [-0.05, 0) is 31.2 Å². The molecule has 0 saturated carbocycles. The maximum atomic E-state index is 5.47. The van der Waals surface area contributed by atoms with Crippen LogP contribution < -0.4 is 14.2 Å². The minimum atomic E-state index is 0.543. The lowest BCUT2D eigenvalue weighted by atomic mass is 10.1. The Bertz CT molecular complexity index is 1110. The van der Waals surface area contributed by atoms with Crippen LogP contribution in [0.15, 0.2) is 48.5 Å². The topological polar surface area (TPSA) is 69.3 Å². The number of hydrogen-bond donors (Lipinski definition) is 1. The van der Waals surface area contributed by atoms with Gasteiger partial charge in [0.25, 0.3) is 0 Å². The highest BCUT2D eigenvalue weighted by Crippen LogP contribution is 2.41. The third-order valence-electron chi connectivity index (χ3n) is 4.69. The van der Waals surface area contributed by atoms with Crippen LogP contribution in [0.25, 0.3) is 33.5 Å². The summed E-state index contributed by atoms with van der Waals surface area (Å²) in [6, 6.07) is 16.0. The molecule has 2 aromatic carbocycles. The van der Waals surface area contributed by atoms with Crippen molar-refractivity contribution in [2.45, 2.75) is 6.92 Å². The van der Waals surface area contributed by atoms with E-state index < -0.39 is 0 Å². The van der Waals surface area contributed by atoms with Crippen molar-refractivity contribution in [3.8, 4) is 39.8 Å². The molecule has 0 spiro atoms. The number of pyridine rings is 1. The first kappa shape index (κ1) is 17.9. The highest BCUT2D eigenvalue weighted by Gasteiger charge is 2.18. The summed E-state index contributed by atoms with van der Waals surface area (Å²) >= 11 is 0. The van der Waals surface area contributed by atoms with Crippen LogP contribution in [0, 0.1) is 6.92 Å². The van der Waals surface area contributed by atoms with Gasteiger partial charge in [0.05, 0.1) is 32.5 Å². The molecular formula is C22H21N3O3. The van der Waals surface area contributed by atoms with Crippen LogP contribution in [-0.4, -0.2) is 36.5 Å². The Morgan fingerprint density at radius 1 is 0.786 bits per heavy atom. The van der Waals surface area contributed by atoms with Crippen LogP contribution in [0.3, 0.4) is 0 Å². The standard InChI is InChI=1S/C22H21N3O3/c1-13-5-7-14(8-6-13)16-9-10-17-21(23-16)20(25-24-17)15-11-18(26-2)22(28-4)19(12-15)27-3/h5-12H,1-4H3,(H,24,25). The van der Waals surface area contributed by atoms with E-state index in [0.717, 1.165) is 33.5 Å². The molecule has 0 amide bonds. The van der Waals surface area contributed by atoms with Crippen molar-refractivity contribution < 1.29 is 14.2 Å². The first-order valence-electron chi connectivity index (χ1n) is 8.87. The molecule has 2 aromatic heterocycles. The summed E-state index contributed by atoms with van der Waals surface area (Å²) in [7, 11) is 4.77. The smallest absolute Gasteiger partial charge is 0.203 e. The molecular weight excluding hydrogens is 354 g/mol. The van der Waals surface area contributed by atoms with Crippen molar-refractivity contribution >= 4 is 11.0 Å². The number of aromatic nitrogens is 3. The highest BCUT2D eigenvalue weighted by atomic mass is 16.5. The lowest BCUT2D eigenvalue weighted by Crippen LogP contribution is -1.96. The first-order valence-corrected chi connectivity index (χ1v) is 8.87. The zero-order valence-corrected chi connectivity index (χ0v) is 16.2. The second-order valence-corrected chi connectivity index (χ2v) is 6.44. The Hall–Kier alpha value is -3.54. The molecule has 4 aromatic rings. The van der Waals surface area contributed by atoms with E-state index in [2.05, 4.69) is 41.4 Å². The Morgan fingerprint density at radius 2 is 1.46 bits per heavy atom. The van der Waals surface area contributed by atoms with Crippen LogP contribution in [0.1, 0.15) is 5.56 Å². The number of ether oxygens (including phenoxy) is 3. The largest absolute Gasteiger partial charge is 0.493 e. The van der Waals surface area contributed by atoms with E-state index in [4.69, 9.17) is 19.2 Å². The van der Waals surface area contributed by atoms with Crippen molar-refractivity contribution in [1.82, 2.24) is 15.2 Å². The molecule has 0 saturated heterocycles. The van der Waals surface area contributed by atoms with E-state index in [0.29, 0.717) is 17.2 Å². The molecule has 0 unspecified atom stereocenters. The van der Waals surface area contributed by atoms with Crippen molar-refractivity contribution in [3.63, 3.8) is 0 Å². The van der Waals surface area contributed by atoms with E-state index >= 15 is 0 Å². The molecule has 1 N–H and O–H groups in total. The minimum Gasteiger partial charge on any atom is -0.493 e. The van der Waals surface area contributed by atoms with E-state index in [1.165, 1.54) is 5.56 Å². The van der Waals surface area contributed by atoms with Gasteiger partial charge in [-0.25, -0.2) is 4.98 Å². The number of nitrogens with one attached hydrogen (secondary N) is 1. The maximum Gasteiger partial charge on any atom is 0.203 e. The molecule has 0 aliphatic rings. The number of nitrogens with zero attached hydrogens (tertiary/aromatic N) is 2. The summed E-state index contributed by atoms with van der Waals surface area (Å²) in [5, 5.41) is 7.53. The highest BCUT2D eigenvalue weighted by molar-refractivity contribution is 5.92. The number of rotatable bonds is 5. The summed E-state index contributed by atoms with van der Waals surface area (Å²) in [6.07, 6.45) is 0. The maximum absolute atomic E-state index is 5.47. The molecule has 0 aliphatic heterocycles. The predicted molar refractivity (Wildman–Crippen MR) is 109 cm³/mol. The summed E-state index contributed by atoms with van der Waals surface area (Å²) in [5.74, 6) is 1.69. The number of H-pyrrole nitrogens is 1. The van der Waals surface area contributed by atoms with E-state index in [9.17, 15) is 0 Å². The number of fused-ring (bicyclic) bond motifs is 1. The van der Waals surface area contributed by atoms with Crippen LogP contribution in [0.4, 0.5) is 0 Å². The summed E-state index contributed by atoms with van der Waals surface area (Å²) in [4.78, 5) is 4.86. The molecule has 6 heteroatoms. The molecule has 0 aliphatic carbocycles. The van der Waals surface area contributed by atoms with Gasteiger partial charge in [-0.1, -0.05) is 29.8 Å². The molecule has 0 atom stereocenters. The normalized spacial score (nSPS) is 10.9. The van der Waals surface area contributed by atoms with Crippen molar-refractivity contribution in [2.24, 2.45) is 0 Å². The number of aromatic amines is 1. The van der Waals surface area contributed by atoms with Gasteiger partial charge in [0, 0.05) is 11.1 Å². The summed E-state index contributed by atoms with van der Waals surface area (Å²) < 4.78 is 16.4. The second kappa shape index (κ2) is 7.23. The van der Waals surface area contributed by atoms with Gasteiger partial charge < -0.3 is 14.2 Å². The fourth-order valence-electron chi connectivity index (χ4n) is 3.20. The minimum absolute atomic E-state index is 0.543. The number of benzene rings is 2.